The van der Waals surface area contributed by atoms with Gasteiger partial charge in [0.05, 0.1) is 0 Å². The number of rotatable bonds is 6. The van der Waals surface area contributed by atoms with Gasteiger partial charge in [0, 0.05) is 0 Å². The minimum absolute atomic E-state index is 0.825. The molecule has 0 fully saturated rings. The molecule has 2 heterocycles. The molecule has 2 aromatic heterocycles. The van der Waals surface area contributed by atoms with Crippen molar-refractivity contribution in [2.45, 2.75) is 27.7 Å². The van der Waals surface area contributed by atoms with Crippen LogP contribution in [-0.2, 0) is 17.7 Å². The van der Waals surface area contributed by atoms with E-state index in [1.165, 1.54) is 11.1 Å². The molecule has 0 bridgehead atoms. The number of nitrogens with zero attached hydrogens (tertiary/aromatic N) is 4. The molecule has 41 heavy (non-hydrogen) atoms. The van der Waals surface area contributed by atoms with Gasteiger partial charge in [-0.25, -0.2) is 0 Å². The van der Waals surface area contributed by atoms with Crippen molar-refractivity contribution in [3.8, 4) is 45.0 Å². The van der Waals surface area contributed by atoms with E-state index in [0.717, 1.165) is 64.8 Å². The van der Waals surface area contributed by atoms with Crippen LogP contribution in [0.5, 0.6) is 0 Å². The van der Waals surface area contributed by atoms with Crippen molar-refractivity contribution in [2.24, 2.45) is 0 Å². The molecule has 202 valence electrons. The summed E-state index contributed by atoms with van der Waals surface area (Å²) < 4.78 is 1.65. The van der Waals surface area contributed by atoms with Crippen LogP contribution in [0.2, 0.25) is 0 Å². The minimum atomic E-state index is -1.07. The molecule has 6 aromatic rings. The van der Waals surface area contributed by atoms with Gasteiger partial charge in [0.25, 0.3) is 0 Å². The van der Waals surface area contributed by atoms with Gasteiger partial charge in [0.2, 0.25) is 0 Å². The van der Waals surface area contributed by atoms with E-state index >= 15 is 0 Å². The van der Waals surface area contributed by atoms with Crippen molar-refractivity contribution in [3.63, 3.8) is 0 Å². The summed E-state index contributed by atoms with van der Waals surface area (Å²) in [6.07, 6.45) is 0. The molecule has 0 saturated heterocycles. The van der Waals surface area contributed by atoms with Crippen molar-refractivity contribution in [3.05, 3.63) is 131 Å². The predicted octanol–water partition coefficient (Wildman–Crippen LogP) is 7.20. The van der Waals surface area contributed by atoms with Gasteiger partial charge in [-0.2, -0.15) is 0 Å². The van der Waals surface area contributed by atoms with E-state index in [2.05, 4.69) is 125 Å². The summed E-state index contributed by atoms with van der Waals surface area (Å²) in [4.78, 5) is 20.7. The van der Waals surface area contributed by atoms with E-state index < -0.39 is 17.7 Å². The van der Waals surface area contributed by atoms with E-state index in [0.29, 0.717) is 0 Å². The molecule has 0 saturated carbocycles. The number of hydrogen-bond donors (Lipinski definition) is 0. The molecule has 0 atom stereocenters. The van der Waals surface area contributed by atoms with E-state index in [4.69, 9.17) is 19.9 Å². The van der Waals surface area contributed by atoms with Crippen molar-refractivity contribution < 1.29 is 17.7 Å². The Morgan fingerprint density at radius 2 is 0.732 bits per heavy atom. The van der Waals surface area contributed by atoms with Crippen LogP contribution in [0.15, 0.2) is 109 Å². The first-order chi connectivity index (χ1) is 20.0. The Balaban J connectivity index is 1.55. The maximum atomic E-state index is 5.19. The summed E-state index contributed by atoms with van der Waals surface area (Å²) >= 11 is -1.07. The summed E-state index contributed by atoms with van der Waals surface area (Å²) in [7, 11) is 0. The molecule has 0 N–H and O–H groups in total. The third kappa shape index (κ3) is 5.52. The first kappa shape index (κ1) is 26.9. The second-order valence-corrected chi connectivity index (χ2v) is 12.8. The Bertz CT molecular complexity index is 1710. The van der Waals surface area contributed by atoms with Gasteiger partial charge in [-0.1, -0.05) is 0 Å². The van der Waals surface area contributed by atoms with Crippen molar-refractivity contribution in [1.82, 2.24) is 19.9 Å². The molecule has 0 spiro atoms. The van der Waals surface area contributed by atoms with Crippen molar-refractivity contribution in [1.29, 1.82) is 0 Å². The first-order valence-corrected chi connectivity index (χ1v) is 16.0. The fraction of sp³-hybridized carbons (Fsp3) is 0.111. The topological polar surface area (TPSA) is 51.6 Å². The molecule has 0 unspecified atom stereocenters. The van der Waals surface area contributed by atoms with Crippen LogP contribution in [0.1, 0.15) is 22.3 Å². The van der Waals surface area contributed by atoms with Crippen LogP contribution in [0.25, 0.3) is 45.0 Å². The SMILES string of the molecule is Cc1ccccc1-c1n[c]([Ir+][c]2nc(-c3ccccc3)c(C)c(-c3ccccc3C)n2)nc(-c2ccccc2)c1C. The van der Waals surface area contributed by atoms with Gasteiger partial charge in [0.15, 0.2) is 0 Å². The molecule has 0 aliphatic heterocycles. The molecule has 0 aliphatic carbocycles. The summed E-state index contributed by atoms with van der Waals surface area (Å²) in [5.74, 6) is 0. The Labute approximate surface area is 249 Å². The van der Waals surface area contributed by atoms with Crippen LogP contribution in [0.3, 0.4) is 0 Å². The molecule has 0 radical (unpaired) electrons. The molecular formula is C36H30IrN4+. The van der Waals surface area contributed by atoms with Gasteiger partial charge in [-0.15, -0.1) is 0 Å². The van der Waals surface area contributed by atoms with Crippen LogP contribution in [0.4, 0.5) is 0 Å². The zero-order chi connectivity index (χ0) is 28.3. The zero-order valence-corrected chi connectivity index (χ0v) is 25.9. The summed E-state index contributed by atoms with van der Waals surface area (Å²) in [6, 6.07) is 37.6. The van der Waals surface area contributed by atoms with E-state index in [1.54, 1.807) is 0 Å². The van der Waals surface area contributed by atoms with Gasteiger partial charge >= 0.3 is 250 Å². The molecule has 4 nitrogen and oxygen atoms in total. The average molecular weight is 711 g/mol. The normalized spacial score (nSPS) is 11.1. The number of hydrogen-bond acceptors (Lipinski definition) is 4. The second-order valence-electron chi connectivity index (χ2n) is 10.0. The standard InChI is InChI=1S/2C18H15N2.Ir/c2*1-13-8-6-7-11-16(13)18-14(2)17(19-12-20-18)15-9-4-3-5-10-15;/h2*3-11H,1-2H3;/q;;+1. The molecule has 5 heteroatoms. The Kier molecular flexibility index (Phi) is 7.65. The first-order valence-electron chi connectivity index (χ1n) is 13.6. The fourth-order valence-electron chi connectivity index (χ4n) is 5.06. The Morgan fingerprint density at radius 1 is 0.390 bits per heavy atom. The van der Waals surface area contributed by atoms with Crippen LogP contribution in [0, 0.1) is 27.7 Å². The van der Waals surface area contributed by atoms with E-state index in [1.807, 2.05) is 12.1 Å². The second kappa shape index (κ2) is 11.7. The van der Waals surface area contributed by atoms with Gasteiger partial charge in [-0.3, -0.25) is 0 Å². The van der Waals surface area contributed by atoms with Gasteiger partial charge in [0.1, 0.15) is 0 Å². The summed E-state index contributed by atoms with van der Waals surface area (Å²) in [5.41, 5.74) is 12.9. The Hall–Kier alpha value is -4.31. The van der Waals surface area contributed by atoms with Crippen molar-refractivity contribution >= 4 is 8.68 Å². The molecule has 6 rings (SSSR count). The van der Waals surface area contributed by atoms with Crippen LogP contribution < -0.4 is 8.68 Å². The zero-order valence-electron chi connectivity index (χ0n) is 23.5. The van der Waals surface area contributed by atoms with Crippen molar-refractivity contribution in [2.75, 3.05) is 0 Å². The monoisotopic (exact) mass is 711 g/mol. The Morgan fingerprint density at radius 3 is 1.12 bits per heavy atom. The average Bonchev–Trinajstić information content (AvgIpc) is 3.00. The maximum absolute atomic E-state index is 5.19. The third-order valence-corrected chi connectivity index (χ3v) is 9.40. The van der Waals surface area contributed by atoms with Crippen LogP contribution >= 0.6 is 0 Å². The molecule has 0 amide bonds. The van der Waals surface area contributed by atoms with Crippen LogP contribution in [-0.4, -0.2) is 19.9 Å². The summed E-state index contributed by atoms with van der Waals surface area (Å²) in [6.45, 7) is 8.53. The summed E-state index contributed by atoms with van der Waals surface area (Å²) in [5, 5.41) is 0. The number of aromatic nitrogens is 4. The molecule has 4 aromatic carbocycles. The third-order valence-electron chi connectivity index (χ3n) is 7.26. The molecular weight excluding hydrogens is 681 g/mol. The quantitative estimate of drug-likeness (QED) is 0.184. The van der Waals surface area contributed by atoms with Gasteiger partial charge in [-0.05, 0) is 0 Å². The van der Waals surface area contributed by atoms with E-state index in [9.17, 15) is 0 Å². The predicted molar refractivity (Wildman–Crippen MR) is 164 cm³/mol. The number of aryl methyl sites for hydroxylation is 2. The number of benzene rings is 4. The fourth-order valence-corrected chi connectivity index (χ4v) is 7.14. The molecule has 0 aliphatic rings. The van der Waals surface area contributed by atoms with E-state index in [-0.39, 0.29) is 0 Å². The van der Waals surface area contributed by atoms with Gasteiger partial charge < -0.3 is 0 Å².